The summed E-state index contributed by atoms with van der Waals surface area (Å²) in [5.41, 5.74) is 0. The Kier molecular flexibility index (Phi) is 17.3. The van der Waals surface area contributed by atoms with Crippen molar-refractivity contribution < 1.29 is 80.9 Å². The molecule has 0 aromatic carbocycles. The van der Waals surface area contributed by atoms with Crippen molar-refractivity contribution in [1.82, 2.24) is 0 Å². The van der Waals surface area contributed by atoms with Crippen LogP contribution >= 0.6 is 0 Å². The van der Waals surface area contributed by atoms with Gasteiger partial charge < -0.3 is 9.90 Å². The van der Waals surface area contributed by atoms with Crippen LogP contribution in [0.3, 0.4) is 0 Å². The Bertz CT molecular complexity index is 319. The zero-order valence-corrected chi connectivity index (χ0v) is 13.2. The van der Waals surface area contributed by atoms with Crippen LogP contribution in [-0.2, 0) is 67.4 Å². The van der Waals surface area contributed by atoms with Crippen molar-refractivity contribution in [2.75, 3.05) is 0 Å². The van der Waals surface area contributed by atoms with Gasteiger partial charge in [0.25, 0.3) is 0 Å². The van der Waals surface area contributed by atoms with Crippen molar-refractivity contribution in [3.05, 3.63) is 0 Å². The first-order valence-electron chi connectivity index (χ1n) is 2.24. The minimum absolute atomic E-state index is 0. The van der Waals surface area contributed by atoms with Gasteiger partial charge in [-0.1, -0.05) is 0 Å². The fraction of sp³-hybridized carbons (Fsp3) is 0.500. The second-order valence-electron chi connectivity index (χ2n) is 1.38. The molecule has 2 radical (unpaired) electrons. The van der Waals surface area contributed by atoms with Gasteiger partial charge in [0.05, 0.1) is 0 Å². The first-order valence-corrected chi connectivity index (χ1v) is 6.41. The number of hydrogen-bond acceptors (Lipinski definition) is 9. The predicted octanol–water partition coefficient (Wildman–Crippen LogP) is -4.55. The number of carbonyl (C=O) groups is 1. The zero-order valence-electron chi connectivity index (χ0n) is 7.40. The topological polar surface area (TPSA) is 164 Å². The number of carbonyl (C=O) groups excluding carboxylic acids is 1. The molecule has 0 amide bonds. The predicted molar refractivity (Wildman–Crippen MR) is 20.3 cm³/mol. The monoisotopic (exact) mass is 350 g/mol. The normalized spacial score (nSPS) is 9.80. The maximum absolute atomic E-state index is 9.38. The molecule has 0 aromatic rings. The third-order valence-electron chi connectivity index (χ3n) is 0.167. The third kappa shape index (κ3) is 51.3. The number of rotatable bonds is 2. The molecule has 0 aromatic heterocycles. The van der Waals surface area contributed by atoms with Crippen LogP contribution in [-0.4, -0.2) is 35.5 Å². The number of carboxylic acids is 1. The van der Waals surface area contributed by atoms with Crippen LogP contribution in [0.4, 0.5) is 0 Å². The molecule has 84 valence electrons. The van der Waals surface area contributed by atoms with E-state index in [1.807, 2.05) is 0 Å². The summed E-state index contributed by atoms with van der Waals surface area (Å²) >= 11 is -12.1. The summed E-state index contributed by atoms with van der Waals surface area (Å²) in [6.45, 7) is 0.972. The van der Waals surface area contributed by atoms with Gasteiger partial charge in [-0.2, -0.15) is 0 Å². The van der Waals surface area contributed by atoms with E-state index in [9.17, 15) is 23.5 Å². The minimum atomic E-state index is -6.07. The fourth-order valence-corrected chi connectivity index (χ4v) is 1.74. The van der Waals surface area contributed by atoms with Crippen molar-refractivity contribution in [3.63, 3.8) is 0 Å². The van der Waals surface area contributed by atoms with Gasteiger partial charge in [-0.15, -0.1) is 0 Å². The van der Waals surface area contributed by atoms with E-state index < -0.39 is 33.2 Å². The van der Waals surface area contributed by atoms with Gasteiger partial charge in [0, 0.05) is 35.5 Å². The molecule has 0 aliphatic rings. The molecule has 0 rings (SSSR count). The van der Waals surface area contributed by atoms with Gasteiger partial charge in [-0.3, -0.25) is 0 Å². The van der Waals surface area contributed by atoms with Crippen molar-refractivity contribution in [1.29, 1.82) is 0 Å². The molecule has 0 spiro atoms. The van der Waals surface area contributed by atoms with Crippen LogP contribution in [0.25, 0.3) is 0 Å². The van der Waals surface area contributed by atoms with Crippen LogP contribution < -0.4 is 13.4 Å². The van der Waals surface area contributed by atoms with E-state index in [0.717, 1.165) is 6.92 Å². The van der Waals surface area contributed by atoms with Crippen LogP contribution in [0, 0.1) is 0 Å². The first kappa shape index (κ1) is 25.1. The molecule has 15 heavy (non-hydrogen) atoms. The Morgan fingerprint density at radius 3 is 1.20 bits per heavy atom. The van der Waals surface area contributed by atoms with E-state index in [4.69, 9.17) is 9.90 Å². The fourth-order valence-electron chi connectivity index (χ4n) is 0.102. The van der Waals surface area contributed by atoms with Crippen molar-refractivity contribution >= 4 is 35.5 Å². The molecule has 0 saturated heterocycles. The summed E-state index contributed by atoms with van der Waals surface area (Å²) in [5.74, 6) is -1.08. The van der Waals surface area contributed by atoms with Crippen molar-refractivity contribution in [3.8, 4) is 0 Å². The average Bonchev–Trinajstić information content (AvgIpc) is 1.47. The van der Waals surface area contributed by atoms with Crippen LogP contribution in [0.2, 0.25) is 0 Å². The molecule has 0 bridgehead atoms. The van der Waals surface area contributed by atoms with Crippen LogP contribution in [0.1, 0.15) is 6.92 Å². The van der Waals surface area contributed by atoms with Crippen molar-refractivity contribution in [2.24, 2.45) is 0 Å². The molecule has 0 aliphatic heterocycles. The Labute approximate surface area is 122 Å². The van der Waals surface area contributed by atoms with Gasteiger partial charge in [0.15, 0.2) is 0 Å². The van der Waals surface area contributed by atoms with E-state index in [1.165, 1.54) is 0 Å². The quantitative estimate of drug-likeness (QED) is 0.446. The maximum atomic E-state index is 9.38. The number of carboxylic acid groups (broad SMARTS) is 1. The Balaban J connectivity index is -0.0000000883. The van der Waals surface area contributed by atoms with Gasteiger partial charge in [-0.05, 0) is 6.92 Å². The second-order valence-corrected chi connectivity index (χ2v) is 5.01. The molecule has 0 atom stereocenters. The van der Waals surface area contributed by atoms with Gasteiger partial charge in [-0.25, -0.2) is 0 Å². The summed E-state index contributed by atoms with van der Waals surface area (Å²) in [6.07, 6.45) is 0. The van der Waals surface area contributed by atoms with E-state index in [-0.39, 0.29) is 46.9 Å². The molecule has 0 N–H and O–H groups in total. The van der Waals surface area contributed by atoms with Crippen LogP contribution in [0.15, 0.2) is 0 Å². The first-order chi connectivity index (χ1) is 5.44. The number of aliphatic carboxylic acids is 1. The molecule has 0 saturated carbocycles. The summed E-state index contributed by atoms with van der Waals surface area (Å²) in [4.78, 5) is 8.89. The van der Waals surface area contributed by atoms with Gasteiger partial charge in [0.2, 0.25) is 0 Å². The number of hydrogen-bond donors (Lipinski definition) is 0. The van der Waals surface area contributed by atoms with Gasteiger partial charge in [0.1, 0.15) is 0 Å². The van der Waals surface area contributed by atoms with E-state index in [0.29, 0.717) is 0 Å². The van der Waals surface area contributed by atoms with Gasteiger partial charge >= 0.3 is 71.0 Å². The summed E-state index contributed by atoms with van der Waals surface area (Å²) < 4.78 is 58.9. The standard InChI is InChI=1S/C2H4O2.3Cr.Na.7O/c1-2(3)4;;;;;;;;;;;/h1H3,(H,3,4);;;;;;;;;;;/q;;;+3;;;;;;;2*-1/p-1. The Morgan fingerprint density at radius 1 is 1.07 bits per heavy atom. The van der Waals surface area contributed by atoms with E-state index in [1.54, 1.807) is 0 Å². The average molecular weight is 350 g/mol. The summed E-state index contributed by atoms with van der Waals surface area (Å²) in [6, 6.07) is 0. The van der Waals surface area contributed by atoms with Crippen LogP contribution in [0.5, 0.6) is 0 Å². The molecule has 0 aliphatic carbocycles. The van der Waals surface area contributed by atoms with Crippen molar-refractivity contribution in [2.45, 2.75) is 6.92 Å². The SMILES string of the molecule is CC(=O)[O-].[Cr+3].[Na].[O]=[Cr](=[O])([O-])[O][Cr](=[O])(=[O])[O-]. The third-order valence-corrected chi connectivity index (χ3v) is 2.83. The zero-order chi connectivity index (χ0) is 11.3. The Hall–Kier alpha value is 1.15. The Morgan fingerprint density at radius 2 is 1.20 bits per heavy atom. The molecule has 0 heterocycles. The summed E-state index contributed by atoms with van der Waals surface area (Å²) in [5, 5.41) is 8.89. The van der Waals surface area contributed by atoms with E-state index in [2.05, 4.69) is 2.84 Å². The molecular formula is C2H3Cr3NaO9. The summed E-state index contributed by atoms with van der Waals surface area (Å²) in [7, 11) is 0. The van der Waals surface area contributed by atoms with E-state index >= 15 is 0 Å². The molecule has 0 fully saturated rings. The molecule has 9 nitrogen and oxygen atoms in total. The molecule has 13 heteroatoms. The molecular weight excluding hydrogens is 347 g/mol. The molecule has 0 unspecified atom stereocenters. The second kappa shape index (κ2) is 10.3.